The second-order valence-corrected chi connectivity index (χ2v) is 7.86. The fourth-order valence-corrected chi connectivity index (χ4v) is 4.63. The van der Waals surface area contributed by atoms with Gasteiger partial charge in [0.25, 0.3) is 11.5 Å². The van der Waals surface area contributed by atoms with Gasteiger partial charge in [-0.15, -0.1) is 11.3 Å². The second kappa shape index (κ2) is 8.20. The number of hydrogen-bond acceptors (Lipinski definition) is 6. The van der Waals surface area contributed by atoms with E-state index in [2.05, 4.69) is 11.2 Å². The number of methoxy groups -OCH3 is 1. The van der Waals surface area contributed by atoms with Crippen LogP contribution in [0.15, 0.2) is 41.2 Å². The van der Waals surface area contributed by atoms with Gasteiger partial charge in [0.05, 0.1) is 29.4 Å². The molecule has 0 N–H and O–H groups in total. The average molecular weight is 398 g/mol. The summed E-state index contributed by atoms with van der Waals surface area (Å²) in [5.74, 6) is -0.157. The third-order valence-corrected chi connectivity index (χ3v) is 6.09. The van der Waals surface area contributed by atoms with Crippen molar-refractivity contribution in [1.29, 1.82) is 0 Å². The minimum atomic E-state index is -0.241. The largest absolute Gasteiger partial charge is 0.383 e. The van der Waals surface area contributed by atoms with Gasteiger partial charge in [0.15, 0.2) is 0 Å². The summed E-state index contributed by atoms with van der Waals surface area (Å²) in [5, 5.41) is 5.23. The topological polar surface area (TPSA) is 77.3 Å². The van der Waals surface area contributed by atoms with E-state index in [-0.39, 0.29) is 23.2 Å². The van der Waals surface area contributed by atoms with E-state index in [9.17, 15) is 9.59 Å². The first-order chi connectivity index (χ1) is 13.7. The number of fused-ring (bicyclic) bond motifs is 1. The number of benzene rings is 1. The minimum absolute atomic E-state index is 0.0557. The Labute approximate surface area is 166 Å². The lowest BCUT2D eigenvalue weighted by Gasteiger charge is -2.34. The fraction of sp³-hybridized carbons (Fsp3) is 0.400. The van der Waals surface area contributed by atoms with Crippen LogP contribution >= 0.6 is 11.3 Å². The van der Waals surface area contributed by atoms with E-state index in [1.54, 1.807) is 18.4 Å². The zero-order chi connectivity index (χ0) is 19.5. The van der Waals surface area contributed by atoms with Crippen molar-refractivity contribution in [3.05, 3.63) is 57.5 Å². The van der Waals surface area contributed by atoms with E-state index < -0.39 is 0 Å². The van der Waals surface area contributed by atoms with E-state index in [1.807, 2.05) is 23.1 Å². The fourth-order valence-electron chi connectivity index (χ4n) is 3.51. The van der Waals surface area contributed by atoms with Crippen molar-refractivity contribution in [2.24, 2.45) is 0 Å². The predicted octanol–water partition coefficient (Wildman–Crippen LogP) is 2.87. The van der Waals surface area contributed by atoms with E-state index >= 15 is 0 Å². The molecule has 4 rings (SSSR count). The molecule has 0 aliphatic carbocycles. The molecule has 146 valence electrons. The molecule has 28 heavy (non-hydrogen) atoms. The summed E-state index contributed by atoms with van der Waals surface area (Å²) in [6, 6.07) is 10.9. The lowest BCUT2D eigenvalue weighted by molar-refractivity contribution is 0.0601. The summed E-state index contributed by atoms with van der Waals surface area (Å²) in [4.78, 5) is 31.8. The van der Waals surface area contributed by atoms with Gasteiger partial charge in [0.1, 0.15) is 10.7 Å². The third-order valence-electron chi connectivity index (χ3n) is 4.95. The number of carbonyl (C=O) groups is 1. The van der Waals surface area contributed by atoms with Crippen molar-refractivity contribution >= 4 is 27.5 Å². The molecule has 1 aliphatic heterocycles. The van der Waals surface area contributed by atoms with Crippen molar-refractivity contribution in [3.8, 4) is 0 Å². The highest BCUT2D eigenvalue weighted by Gasteiger charge is 2.31. The maximum Gasteiger partial charge on any atom is 0.274 e. The Bertz CT molecular complexity index is 1010. The summed E-state index contributed by atoms with van der Waals surface area (Å²) in [5.41, 5.74) is 1.00. The van der Waals surface area contributed by atoms with Gasteiger partial charge in [-0.3, -0.25) is 9.59 Å². The number of piperidine rings is 1. The number of likely N-dealkylation sites (tertiary alicyclic amines) is 1. The van der Waals surface area contributed by atoms with Gasteiger partial charge >= 0.3 is 0 Å². The molecule has 1 atom stereocenters. The normalized spacial score (nSPS) is 17.2. The Hall–Kier alpha value is -2.58. The SMILES string of the molecule is COCCn1nc(C(=O)N2CCCCC2c2nc3ccccc3s2)ccc1=O. The number of rotatable bonds is 5. The molecule has 0 saturated carbocycles. The molecule has 1 unspecified atom stereocenters. The zero-order valence-electron chi connectivity index (χ0n) is 15.7. The summed E-state index contributed by atoms with van der Waals surface area (Å²) < 4.78 is 7.43. The first-order valence-electron chi connectivity index (χ1n) is 9.41. The van der Waals surface area contributed by atoms with Crippen molar-refractivity contribution in [3.63, 3.8) is 0 Å². The van der Waals surface area contributed by atoms with Crippen LogP contribution in [0.1, 0.15) is 40.8 Å². The highest BCUT2D eigenvalue weighted by molar-refractivity contribution is 7.18. The smallest absolute Gasteiger partial charge is 0.274 e. The molecule has 3 aromatic rings. The molecular weight excluding hydrogens is 376 g/mol. The molecule has 0 spiro atoms. The summed E-state index contributed by atoms with van der Waals surface area (Å²) in [7, 11) is 1.57. The van der Waals surface area contributed by atoms with Crippen molar-refractivity contribution in [2.45, 2.75) is 31.8 Å². The Morgan fingerprint density at radius 2 is 2.11 bits per heavy atom. The standard InChI is InChI=1S/C20H22N4O3S/c1-27-13-12-24-18(25)10-9-15(22-24)20(26)23-11-5-4-7-16(23)19-21-14-6-2-3-8-17(14)28-19/h2-3,6,8-10,16H,4-5,7,11-13H2,1H3. The van der Waals surface area contributed by atoms with Crippen LogP contribution in [-0.2, 0) is 11.3 Å². The molecule has 1 aromatic carbocycles. The van der Waals surface area contributed by atoms with Gasteiger partial charge in [-0.1, -0.05) is 12.1 Å². The maximum atomic E-state index is 13.2. The molecule has 0 radical (unpaired) electrons. The van der Waals surface area contributed by atoms with Gasteiger partial charge in [0, 0.05) is 19.7 Å². The number of thiazole rings is 1. The van der Waals surface area contributed by atoms with Crippen molar-refractivity contribution < 1.29 is 9.53 Å². The Kier molecular flexibility index (Phi) is 5.50. The first kappa shape index (κ1) is 18.8. The molecular formula is C20H22N4O3S. The molecule has 7 nitrogen and oxygen atoms in total. The molecule has 8 heteroatoms. The maximum absolute atomic E-state index is 13.2. The van der Waals surface area contributed by atoms with Crippen LogP contribution in [0.25, 0.3) is 10.2 Å². The van der Waals surface area contributed by atoms with Crippen LogP contribution in [0.5, 0.6) is 0 Å². The number of amides is 1. The van der Waals surface area contributed by atoms with E-state index in [0.717, 1.165) is 34.5 Å². The zero-order valence-corrected chi connectivity index (χ0v) is 16.5. The molecule has 1 aliphatic rings. The molecule has 3 heterocycles. The highest BCUT2D eigenvalue weighted by Crippen LogP contribution is 2.36. The quantitative estimate of drug-likeness (QED) is 0.660. The minimum Gasteiger partial charge on any atom is -0.383 e. The molecule has 2 aromatic heterocycles. The van der Waals surface area contributed by atoms with Gasteiger partial charge in [-0.05, 0) is 37.5 Å². The number of nitrogens with zero attached hydrogens (tertiary/aromatic N) is 4. The predicted molar refractivity (Wildman–Crippen MR) is 108 cm³/mol. The molecule has 1 amide bonds. The number of para-hydroxylation sites is 1. The van der Waals surface area contributed by atoms with E-state index in [0.29, 0.717) is 19.7 Å². The average Bonchev–Trinajstić information content (AvgIpc) is 3.17. The summed E-state index contributed by atoms with van der Waals surface area (Å²) >= 11 is 1.64. The van der Waals surface area contributed by atoms with Crippen LogP contribution in [0.4, 0.5) is 0 Å². The first-order valence-corrected chi connectivity index (χ1v) is 10.2. The van der Waals surface area contributed by atoms with Crippen LogP contribution in [0, 0.1) is 0 Å². The van der Waals surface area contributed by atoms with E-state index in [4.69, 9.17) is 9.72 Å². The number of aromatic nitrogens is 3. The van der Waals surface area contributed by atoms with E-state index in [1.165, 1.54) is 16.8 Å². The van der Waals surface area contributed by atoms with Gasteiger partial charge in [0.2, 0.25) is 0 Å². The highest BCUT2D eigenvalue weighted by atomic mass is 32.1. The lowest BCUT2D eigenvalue weighted by Crippen LogP contribution is -2.40. The monoisotopic (exact) mass is 398 g/mol. The second-order valence-electron chi connectivity index (χ2n) is 6.80. The lowest BCUT2D eigenvalue weighted by atomic mass is 10.0. The number of carbonyl (C=O) groups excluding carboxylic acids is 1. The Morgan fingerprint density at radius 3 is 2.93 bits per heavy atom. The van der Waals surface area contributed by atoms with Gasteiger partial charge in [-0.25, -0.2) is 9.67 Å². The molecule has 0 bridgehead atoms. The van der Waals surface area contributed by atoms with Gasteiger partial charge < -0.3 is 9.64 Å². The number of hydrogen-bond donors (Lipinski definition) is 0. The Balaban J connectivity index is 1.64. The summed E-state index contributed by atoms with van der Waals surface area (Å²) in [6.07, 6.45) is 2.90. The van der Waals surface area contributed by atoms with Crippen LogP contribution in [0.2, 0.25) is 0 Å². The summed E-state index contributed by atoms with van der Waals surface area (Å²) in [6.45, 7) is 1.35. The third kappa shape index (κ3) is 3.70. The van der Waals surface area contributed by atoms with Crippen molar-refractivity contribution in [1.82, 2.24) is 19.7 Å². The van der Waals surface area contributed by atoms with Crippen LogP contribution < -0.4 is 5.56 Å². The van der Waals surface area contributed by atoms with Gasteiger partial charge in [-0.2, -0.15) is 5.10 Å². The number of ether oxygens (including phenoxy) is 1. The molecule has 1 saturated heterocycles. The van der Waals surface area contributed by atoms with Crippen LogP contribution in [-0.4, -0.2) is 45.8 Å². The van der Waals surface area contributed by atoms with Crippen molar-refractivity contribution in [2.75, 3.05) is 20.3 Å². The van der Waals surface area contributed by atoms with Crippen LogP contribution in [0.3, 0.4) is 0 Å². The molecule has 1 fully saturated rings. The Morgan fingerprint density at radius 1 is 1.25 bits per heavy atom.